The van der Waals surface area contributed by atoms with Gasteiger partial charge in [-0.25, -0.2) is 0 Å². The van der Waals surface area contributed by atoms with Crippen LogP contribution >= 0.6 is 22.9 Å². The van der Waals surface area contributed by atoms with Crippen LogP contribution in [0.1, 0.15) is 68.4 Å². The second kappa shape index (κ2) is 9.03. The van der Waals surface area contributed by atoms with Crippen molar-refractivity contribution in [3.63, 3.8) is 0 Å². The first-order valence-corrected chi connectivity index (χ1v) is 11.8. The maximum absolute atomic E-state index is 10.3. The fourth-order valence-corrected chi connectivity index (χ4v) is 5.63. The number of fused-ring (bicyclic) bond motifs is 1. The van der Waals surface area contributed by atoms with E-state index in [4.69, 9.17) is 16.3 Å². The maximum atomic E-state index is 10.3. The summed E-state index contributed by atoms with van der Waals surface area (Å²) < 4.78 is 7.68. The topological polar surface area (TPSA) is 42.4 Å². The fourth-order valence-electron chi connectivity index (χ4n) is 4.15. The summed E-state index contributed by atoms with van der Waals surface area (Å²) in [6.45, 7) is 4.06. The second-order valence-corrected chi connectivity index (χ2v) is 9.50. The third-order valence-corrected chi connectivity index (χ3v) is 7.24. The molecular weight excluding hydrogens is 402 g/mol. The van der Waals surface area contributed by atoms with Crippen molar-refractivity contribution in [2.24, 2.45) is 0 Å². The molecule has 0 bridgehead atoms. The Kier molecular flexibility index (Phi) is 6.43. The van der Waals surface area contributed by atoms with E-state index in [-0.39, 0.29) is 6.10 Å². The number of aliphatic hydroxyl groups excluding tert-OH is 1. The Hall–Kier alpha value is -1.62. The summed E-state index contributed by atoms with van der Waals surface area (Å²) in [6.07, 6.45) is 9.61. The van der Waals surface area contributed by atoms with Crippen molar-refractivity contribution >= 4 is 33.2 Å². The molecular formula is C24H28ClNO2S. The number of ether oxygens (including phenoxy) is 1. The SMILES string of the molecule is CCC(O)c1cc2nccc(-c3cc(Cl)cc(C)c3OC3CCCCCC3)c2s1. The van der Waals surface area contributed by atoms with Gasteiger partial charge < -0.3 is 9.84 Å². The lowest BCUT2D eigenvalue weighted by molar-refractivity contribution is 0.177. The first-order chi connectivity index (χ1) is 14.1. The Bertz CT molecular complexity index is 992. The third-order valence-electron chi connectivity index (χ3n) is 5.76. The van der Waals surface area contributed by atoms with E-state index in [2.05, 4.69) is 11.9 Å². The molecule has 0 amide bonds. The maximum Gasteiger partial charge on any atom is 0.130 e. The number of aryl methyl sites for hydroxylation is 1. The molecule has 2 aromatic heterocycles. The molecule has 0 saturated heterocycles. The van der Waals surface area contributed by atoms with Crippen molar-refractivity contribution in [2.45, 2.75) is 71.0 Å². The van der Waals surface area contributed by atoms with Crippen LogP contribution in [0.3, 0.4) is 0 Å². The van der Waals surface area contributed by atoms with Gasteiger partial charge in [0.2, 0.25) is 0 Å². The van der Waals surface area contributed by atoms with E-state index in [0.717, 1.165) is 50.4 Å². The van der Waals surface area contributed by atoms with E-state index >= 15 is 0 Å². The van der Waals surface area contributed by atoms with Gasteiger partial charge in [0.15, 0.2) is 0 Å². The molecule has 29 heavy (non-hydrogen) atoms. The van der Waals surface area contributed by atoms with Crippen molar-refractivity contribution in [2.75, 3.05) is 0 Å². The minimum Gasteiger partial charge on any atom is -0.490 e. The van der Waals surface area contributed by atoms with Gasteiger partial charge in [-0.2, -0.15) is 0 Å². The minimum absolute atomic E-state index is 0.259. The van der Waals surface area contributed by atoms with Gasteiger partial charge in [0.25, 0.3) is 0 Å². The smallest absolute Gasteiger partial charge is 0.130 e. The number of hydrogen-bond acceptors (Lipinski definition) is 4. The molecule has 1 aliphatic carbocycles. The molecule has 154 valence electrons. The Morgan fingerprint density at radius 3 is 2.66 bits per heavy atom. The standard InChI is InChI=1S/C24H28ClNO2S/c1-3-21(27)22-14-20-24(29-22)18(10-11-26-20)19-13-16(25)12-15(2)23(19)28-17-8-6-4-5-7-9-17/h10-14,17,21,27H,3-9H2,1-2H3. The minimum atomic E-state index is -0.454. The van der Waals surface area contributed by atoms with Crippen molar-refractivity contribution < 1.29 is 9.84 Å². The van der Waals surface area contributed by atoms with Gasteiger partial charge in [-0.05, 0) is 68.9 Å². The summed E-state index contributed by atoms with van der Waals surface area (Å²) in [5.41, 5.74) is 4.06. The number of benzene rings is 1. The molecule has 5 heteroatoms. The highest BCUT2D eigenvalue weighted by molar-refractivity contribution is 7.19. The molecule has 1 fully saturated rings. The van der Waals surface area contributed by atoms with Gasteiger partial charge in [0.05, 0.1) is 22.4 Å². The van der Waals surface area contributed by atoms with Crippen LogP contribution in [0.15, 0.2) is 30.5 Å². The van der Waals surface area contributed by atoms with Crippen molar-refractivity contribution in [1.29, 1.82) is 0 Å². The molecule has 1 atom stereocenters. The van der Waals surface area contributed by atoms with Gasteiger partial charge in [-0.1, -0.05) is 31.4 Å². The fraction of sp³-hybridized carbons (Fsp3) is 0.458. The molecule has 0 spiro atoms. The molecule has 4 rings (SSSR count). The third kappa shape index (κ3) is 4.45. The summed E-state index contributed by atoms with van der Waals surface area (Å²) in [5.74, 6) is 0.930. The lowest BCUT2D eigenvalue weighted by Crippen LogP contribution is -2.16. The van der Waals surface area contributed by atoms with E-state index < -0.39 is 6.10 Å². The number of aliphatic hydroxyl groups is 1. The zero-order valence-electron chi connectivity index (χ0n) is 17.1. The normalized spacial score (nSPS) is 16.7. The number of pyridine rings is 1. The van der Waals surface area contributed by atoms with E-state index in [1.165, 1.54) is 25.7 Å². The van der Waals surface area contributed by atoms with Crippen LogP contribution in [0.2, 0.25) is 5.02 Å². The van der Waals surface area contributed by atoms with Crippen LogP contribution in [-0.4, -0.2) is 16.2 Å². The van der Waals surface area contributed by atoms with E-state index in [1.54, 1.807) is 11.3 Å². The molecule has 0 aliphatic heterocycles. The van der Waals surface area contributed by atoms with Crippen LogP contribution in [0, 0.1) is 6.92 Å². The largest absolute Gasteiger partial charge is 0.490 e. The van der Waals surface area contributed by atoms with Crippen LogP contribution in [0.4, 0.5) is 0 Å². The van der Waals surface area contributed by atoms with Gasteiger partial charge in [-0.15, -0.1) is 11.3 Å². The molecule has 0 radical (unpaired) electrons. The Balaban J connectivity index is 1.81. The number of aromatic nitrogens is 1. The average Bonchev–Trinajstić information content (AvgIpc) is 2.99. The summed E-state index contributed by atoms with van der Waals surface area (Å²) in [4.78, 5) is 5.48. The van der Waals surface area contributed by atoms with Crippen LogP contribution in [0.25, 0.3) is 21.3 Å². The molecule has 1 aromatic carbocycles. The Labute approximate surface area is 181 Å². The number of nitrogens with zero attached hydrogens (tertiary/aromatic N) is 1. The van der Waals surface area contributed by atoms with Crippen molar-refractivity contribution in [3.05, 3.63) is 45.9 Å². The van der Waals surface area contributed by atoms with Crippen LogP contribution in [-0.2, 0) is 0 Å². The van der Waals surface area contributed by atoms with Crippen LogP contribution < -0.4 is 4.74 Å². The molecule has 1 unspecified atom stereocenters. The lowest BCUT2D eigenvalue weighted by Gasteiger charge is -2.22. The van der Waals surface area contributed by atoms with Crippen molar-refractivity contribution in [3.8, 4) is 16.9 Å². The number of thiophene rings is 1. The van der Waals surface area contributed by atoms with Gasteiger partial charge in [0.1, 0.15) is 5.75 Å². The van der Waals surface area contributed by atoms with Crippen LogP contribution in [0.5, 0.6) is 5.75 Å². The van der Waals surface area contributed by atoms with E-state index in [0.29, 0.717) is 11.4 Å². The van der Waals surface area contributed by atoms with Gasteiger partial charge >= 0.3 is 0 Å². The highest BCUT2D eigenvalue weighted by atomic mass is 35.5. The van der Waals surface area contributed by atoms with Gasteiger partial charge in [0, 0.05) is 27.2 Å². The van der Waals surface area contributed by atoms with Crippen molar-refractivity contribution in [1.82, 2.24) is 4.98 Å². The Morgan fingerprint density at radius 1 is 1.17 bits per heavy atom. The Morgan fingerprint density at radius 2 is 1.93 bits per heavy atom. The summed E-state index contributed by atoms with van der Waals surface area (Å²) in [5, 5.41) is 11.0. The number of halogens is 1. The first kappa shape index (κ1) is 20.6. The zero-order valence-corrected chi connectivity index (χ0v) is 18.7. The summed E-state index contributed by atoms with van der Waals surface area (Å²) in [7, 11) is 0. The predicted octanol–water partition coefficient (Wildman–Crippen LogP) is 7.47. The molecule has 3 nitrogen and oxygen atoms in total. The number of hydrogen-bond donors (Lipinski definition) is 1. The highest BCUT2D eigenvalue weighted by Crippen LogP contribution is 2.43. The summed E-state index contributed by atoms with van der Waals surface area (Å²) >= 11 is 8.07. The molecule has 1 aliphatic rings. The first-order valence-electron chi connectivity index (χ1n) is 10.6. The number of rotatable bonds is 5. The van der Waals surface area contributed by atoms with Gasteiger partial charge in [-0.3, -0.25) is 4.98 Å². The second-order valence-electron chi connectivity index (χ2n) is 7.98. The van der Waals surface area contributed by atoms with E-state index in [9.17, 15) is 5.11 Å². The zero-order chi connectivity index (χ0) is 20.4. The molecule has 1 saturated carbocycles. The summed E-state index contributed by atoms with van der Waals surface area (Å²) in [6, 6.07) is 8.02. The van der Waals surface area contributed by atoms with E-state index in [1.807, 2.05) is 37.4 Å². The molecule has 3 aromatic rings. The monoisotopic (exact) mass is 429 g/mol. The predicted molar refractivity (Wildman–Crippen MR) is 122 cm³/mol. The quantitative estimate of drug-likeness (QED) is 0.427. The average molecular weight is 430 g/mol. The highest BCUT2D eigenvalue weighted by Gasteiger charge is 2.21. The molecule has 2 heterocycles. The molecule has 1 N–H and O–H groups in total. The lowest BCUT2D eigenvalue weighted by atomic mass is 10.0.